The molecule has 1 unspecified atom stereocenters. The first-order valence-electron chi connectivity index (χ1n) is 9.60. The number of thioether (sulfide) groups is 1. The van der Waals surface area contributed by atoms with Gasteiger partial charge in [0.25, 0.3) is 0 Å². The number of methoxy groups -OCH3 is 1. The lowest BCUT2D eigenvalue weighted by Crippen LogP contribution is -2.23. The Labute approximate surface area is 170 Å². The Hall–Kier alpha value is -2.18. The Morgan fingerprint density at radius 2 is 2.07 bits per heavy atom. The molecule has 0 saturated carbocycles. The fourth-order valence-electron chi connectivity index (χ4n) is 2.97. The first-order valence-corrected chi connectivity index (χ1v) is 10.6. The van der Waals surface area contributed by atoms with Gasteiger partial charge in [0.1, 0.15) is 6.61 Å². The number of nitrogens with one attached hydrogen (secondary N) is 1. The number of hydrogen-bond acceptors (Lipinski definition) is 5. The maximum absolute atomic E-state index is 12.1. The lowest BCUT2D eigenvalue weighted by Gasteiger charge is -2.15. The Morgan fingerprint density at radius 3 is 2.82 bits per heavy atom. The lowest BCUT2D eigenvalue weighted by atomic mass is 10.2. The molecule has 0 aliphatic carbocycles. The van der Waals surface area contributed by atoms with E-state index in [0.29, 0.717) is 31.1 Å². The van der Waals surface area contributed by atoms with Gasteiger partial charge in [0.15, 0.2) is 11.5 Å². The standard InChI is InChI=1S/C22H27NO4S/c1-25-21-14-17(9-10-20(21)27-16-18-6-5-12-26-18)15-23-22(24)11-13-28-19-7-3-2-4-8-19/h2-4,7-10,14,18H,5-6,11-13,15-16H2,1H3,(H,23,24). The topological polar surface area (TPSA) is 56.8 Å². The van der Waals surface area contributed by atoms with Gasteiger partial charge in [0.05, 0.1) is 13.2 Å². The van der Waals surface area contributed by atoms with Crippen molar-refractivity contribution in [3.8, 4) is 11.5 Å². The van der Waals surface area contributed by atoms with Gasteiger partial charge < -0.3 is 19.5 Å². The first-order chi connectivity index (χ1) is 13.7. The number of ether oxygens (including phenoxy) is 3. The Kier molecular flexibility index (Phi) is 8.06. The van der Waals surface area contributed by atoms with Crippen molar-refractivity contribution >= 4 is 17.7 Å². The molecular formula is C22H27NO4S. The monoisotopic (exact) mass is 401 g/mol. The average molecular weight is 402 g/mol. The fourth-order valence-corrected chi connectivity index (χ4v) is 3.84. The second-order valence-corrected chi connectivity index (χ2v) is 7.79. The van der Waals surface area contributed by atoms with Gasteiger partial charge in [-0.2, -0.15) is 0 Å². The number of carbonyl (C=O) groups excluding carboxylic acids is 1. The van der Waals surface area contributed by atoms with E-state index in [0.717, 1.165) is 30.8 Å². The quantitative estimate of drug-likeness (QED) is 0.609. The molecule has 1 fully saturated rings. The number of hydrogen-bond donors (Lipinski definition) is 1. The molecule has 0 aromatic heterocycles. The molecule has 1 aliphatic rings. The van der Waals surface area contributed by atoms with Crippen molar-refractivity contribution in [3.63, 3.8) is 0 Å². The van der Waals surface area contributed by atoms with E-state index >= 15 is 0 Å². The van der Waals surface area contributed by atoms with Gasteiger partial charge >= 0.3 is 0 Å². The smallest absolute Gasteiger partial charge is 0.221 e. The zero-order valence-corrected chi connectivity index (χ0v) is 17.0. The number of benzene rings is 2. The second-order valence-electron chi connectivity index (χ2n) is 6.62. The molecule has 0 radical (unpaired) electrons. The molecule has 1 heterocycles. The van der Waals surface area contributed by atoms with E-state index in [2.05, 4.69) is 17.4 Å². The van der Waals surface area contributed by atoms with Crippen LogP contribution in [0.4, 0.5) is 0 Å². The highest BCUT2D eigenvalue weighted by atomic mass is 32.2. The SMILES string of the molecule is COc1cc(CNC(=O)CCSc2ccccc2)ccc1OCC1CCCO1. The van der Waals surface area contributed by atoms with Gasteiger partial charge in [-0.15, -0.1) is 11.8 Å². The molecule has 1 atom stereocenters. The predicted octanol–water partition coefficient (Wildman–Crippen LogP) is 4.05. The van der Waals surface area contributed by atoms with Crippen molar-refractivity contribution in [2.75, 3.05) is 26.1 Å². The summed E-state index contributed by atoms with van der Waals surface area (Å²) in [5, 5.41) is 2.96. The summed E-state index contributed by atoms with van der Waals surface area (Å²) >= 11 is 1.69. The zero-order valence-electron chi connectivity index (χ0n) is 16.2. The van der Waals surface area contributed by atoms with Gasteiger partial charge in [0.2, 0.25) is 5.91 Å². The highest BCUT2D eigenvalue weighted by Gasteiger charge is 2.17. The normalized spacial score (nSPS) is 16.0. The van der Waals surface area contributed by atoms with Crippen LogP contribution >= 0.6 is 11.8 Å². The largest absolute Gasteiger partial charge is 0.493 e. The van der Waals surface area contributed by atoms with Crippen LogP contribution in [0, 0.1) is 0 Å². The van der Waals surface area contributed by atoms with E-state index in [1.54, 1.807) is 18.9 Å². The molecule has 28 heavy (non-hydrogen) atoms. The maximum Gasteiger partial charge on any atom is 0.221 e. The van der Waals surface area contributed by atoms with Crippen molar-refractivity contribution in [2.24, 2.45) is 0 Å². The third kappa shape index (κ3) is 6.46. The molecule has 150 valence electrons. The van der Waals surface area contributed by atoms with E-state index in [1.165, 1.54) is 4.90 Å². The highest BCUT2D eigenvalue weighted by molar-refractivity contribution is 7.99. The molecule has 0 spiro atoms. The van der Waals surface area contributed by atoms with Crippen LogP contribution in [0.25, 0.3) is 0 Å². The number of amides is 1. The molecule has 1 N–H and O–H groups in total. The summed E-state index contributed by atoms with van der Waals surface area (Å²) in [4.78, 5) is 13.3. The van der Waals surface area contributed by atoms with Crippen LogP contribution in [-0.4, -0.2) is 38.1 Å². The molecule has 0 bridgehead atoms. The van der Waals surface area contributed by atoms with Gasteiger partial charge in [-0.05, 0) is 42.7 Å². The molecule has 6 heteroatoms. The second kappa shape index (κ2) is 11.0. The fraction of sp³-hybridized carbons (Fsp3) is 0.409. The van der Waals surface area contributed by atoms with Crippen molar-refractivity contribution in [2.45, 2.75) is 36.8 Å². The van der Waals surface area contributed by atoms with Crippen LogP contribution in [0.5, 0.6) is 11.5 Å². The Morgan fingerprint density at radius 1 is 1.21 bits per heavy atom. The van der Waals surface area contributed by atoms with Crippen LogP contribution in [0.1, 0.15) is 24.8 Å². The first kappa shape index (κ1) is 20.6. The van der Waals surface area contributed by atoms with Gasteiger partial charge in [-0.3, -0.25) is 4.79 Å². The highest BCUT2D eigenvalue weighted by Crippen LogP contribution is 2.29. The molecule has 3 rings (SSSR count). The summed E-state index contributed by atoms with van der Waals surface area (Å²) in [5.74, 6) is 2.17. The molecule has 5 nitrogen and oxygen atoms in total. The summed E-state index contributed by atoms with van der Waals surface area (Å²) in [6, 6.07) is 15.9. The Balaban J connectivity index is 1.42. The van der Waals surface area contributed by atoms with Crippen molar-refractivity contribution in [1.82, 2.24) is 5.32 Å². The molecular weight excluding hydrogens is 374 g/mol. The van der Waals surface area contributed by atoms with Crippen LogP contribution in [0.2, 0.25) is 0 Å². The average Bonchev–Trinajstić information content (AvgIpc) is 3.25. The third-order valence-electron chi connectivity index (χ3n) is 4.51. The van der Waals surface area contributed by atoms with Crippen LogP contribution in [-0.2, 0) is 16.1 Å². The summed E-state index contributed by atoms with van der Waals surface area (Å²) in [7, 11) is 1.62. The molecule has 2 aromatic carbocycles. The van der Waals surface area contributed by atoms with Gasteiger partial charge in [-0.25, -0.2) is 0 Å². The molecule has 1 saturated heterocycles. The van der Waals surface area contributed by atoms with Gasteiger partial charge in [-0.1, -0.05) is 24.3 Å². The molecule has 1 amide bonds. The number of rotatable bonds is 10. The summed E-state index contributed by atoms with van der Waals surface area (Å²) in [6.45, 7) is 1.82. The van der Waals surface area contributed by atoms with E-state index in [4.69, 9.17) is 14.2 Å². The zero-order chi connectivity index (χ0) is 19.6. The van der Waals surface area contributed by atoms with Crippen molar-refractivity contribution < 1.29 is 19.0 Å². The van der Waals surface area contributed by atoms with E-state index in [-0.39, 0.29) is 12.0 Å². The Bertz CT molecular complexity index is 747. The third-order valence-corrected chi connectivity index (χ3v) is 5.52. The van der Waals surface area contributed by atoms with E-state index in [9.17, 15) is 4.79 Å². The van der Waals surface area contributed by atoms with Crippen LogP contribution < -0.4 is 14.8 Å². The summed E-state index contributed by atoms with van der Waals surface area (Å²) in [5.41, 5.74) is 0.977. The van der Waals surface area contributed by atoms with Crippen LogP contribution in [0.3, 0.4) is 0 Å². The van der Waals surface area contributed by atoms with Gasteiger partial charge in [0, 0.05) is 30.2 Å². The minimum atomic E-state index is 0.0427. The van der Waals surface area contributed by atoms with E-state index in [1.807, 2.05) is 36.4 Å². The summed E-state index contributed by atoms with van der Waals surface area (Å²) in [6.07, 6.45) is 2.78. The van der Waals surface area contributed by atoms with Crippen molar-refractivity contribution in [3.05, 3.63) is 54.1 Å². The lowest BCUT2D eigenvalue weighted by molar-refractivity contribution is -0.120. The predicted molar refractivity (Wildman–Crippen MR) is 111 cm³/mol. The molecule has 2 aromatic rings. The minimum absolute atomic E-state index is 0.0427. The van der Waals surface area contributed by atoms with E-state index < -0.39 is 0 Å². The number of carbonyl (C=O) groups is 1. The molecule has 1 aliphatic heterocycles. The minimum Gasteiger partial charge on any atom is -0.493 e. The van der Waals surface area contributed by atoms with Crippen LogP contribution in [0.15, 0.2) is 53.4 Å². The summed E-state index contributed by atoms with van der Waals surface area (Å²) < 4.78 is 16.9. The van der Waals surface area contributed by atoms with Crippen molar-refractivity contribution in [1.29, 1.82) is 0 Å². The maximum atomic E-state index is 12.1.